The number of hydrogen-bond acceptors (Lipinski definition) is 3. The van der Waals surface area contributed by atoms with Crippen LogP contribution < -0.4 is 15.4 Å². The van der Waals surface area contributed by atoms with Crippen molar-refractivity contribution in [1.29, 1.82) is 0 Å². The minimum Gasteiger partial charge on any atom is -0.489 e. The predicted octanol–water partition coefficient (Wildman–Crippen LogP) is 3.58. The summed E-state index contributed by atoms with van der Waals surface area (Å²) in [6.45, 7) is 9.44. The predicted molar refractivity (Wildman–Crippen MR) is 125 cm³/mol. The second kappa shape index (κ2) is 11.4. The molecule has 31 heavy (non-hydrogen) atoms. The van der Waals surface area contributed by atoms with E-state index in [0.717, 1.165) is 48.9 Å². The smallest absolute Gasteiger partial charge is 0.225 e. The van der Waals surface area contributed by atoms with Gasteiger partial charge >= 0.3 is 0 Å². The number of likely N-dealkylation sites (tertiary alicyclic amines) is 1. The summed E-state index contributed by atoms with van der Waals surface area (Å²) in [7, 11) is 0. The fraction of sp³-hybridized carbons (Fsp3) is 0.440. The Labute approximate surface area is 185 Å². The Hall–Kier alpha value is -3.02. The Bertz CT molecular complexity index is 850. The van der Waals surface area contributed by atoms with Crippen LogP contribution >= 0.6 is 0 Å². The number of carbonyl (C=O) groups is 1. The van der Waals surface area contributed by atoms with E-state index in [1.807, 2.05) is 49.1 Å². The molecule has 0 saturated carbocycles. The first-order valence-corrected chi connectivity index (χ1v) is 11.1. The van der Waals surface area contributed by atoms with Crippen molar-refractivity contribution < 1.29 is 9.53 Å². The van der Waals surface area contributed by atoms with Crippen molar-refractivity contribution in [2.75, 3.05) is 19.6 Å². The van der Waals surface area contributed by atoms with E-state index >= 15 is 0 Å². The molecule has 0 aromatic heterocycles. The summed E-state index contributed by atoms with van der Waals surface area (Å²) in [6.07, 6.45) is 0.943. The maximum atomic E-state index is 12.2. The van der Waals surface area contributed by atoms with Crippen LogP contribution in [0.2, 0.25) is 0 Å². The molecule has 0 bridgehead atoms. The standard InChI is InChI=1S/C25H34N4O2/c1-4-26-25(28-22-14-15-29(17-22)24(30)19(2)3)27-16-20-10-12-21(13-11-20)18-31-23-8-6-5-7-9-23/h5-13,19,22H,4,14-18H2,1-3H3,(H2,26,27,28). The summed E-state index contributed by atoms with van der Waals surface area (Å²) in [5.41, 5.74) is 2.27. The number of guanidine groups is 1. The lowest BCUT2D eigenvalue weighted by molar-refractivity contribution is -0.133. The van der Waals surface area contributed by atoms with Crippen molar-refractivity contribution in [2.45, 2.75) is 46.4 Å². The average Bonchev–Trinajstić information content (AvgIpc) is 3.25. The van der Waals surface area contributed by atoms with Gasteiger partial charge in [-0.05, 0) is 36.6 Å². The fourth-order valence-corrected chi connectivity index (χ4v) is 3.55. The largest absolute Gasteiger partial charge is 0.489 e. The van der Waals surface area contributed by atoms with Gasteiger partial charge in [0, 0.05) is 31.6 Å². The number of hydrogen-bond donors (Lipinski definition) is 2. The summed E-state index contributed by atoms with van der Waals surface area (Å²) >= 11 is 0. The lowest BCUT2D eigenvalue weighted by Crippen LogP contribution is -2.45. The van der Waals surface area contributed by atoms with E-state index in [-0.39, 0.29) is 17.9 Å². The van der Waals surface area contributed by atoms with Gasteiger partial charge in [-0.1, -0.05) is 56.3 Å². The van der Waals surface area contributed by atoms with Gasteiger partial charge in [0.05, 0.1) is 6.54 Å². The van der Waals surface area contributed by atoms with Crippen molar-refractivity contribution in [3.8, 4) is 5.75 Å². The van der Waals surface area contributed by atoms with Gasteiger partial charge in [0.25, 0.3) is 0 Å². The van der Waals surface area contributed by atoms with Crippen LogP contribution in [0.15, 0.2) is 59.6 Å². The zero-order valence-corrected chi connectivity index (χ0v) is 18.8. The molecule has 166 valence electrons. The molecule has 1 heterocycles. The van der Waals surface area contributed by atoms with Gasteiger partial charge in [-0.25, -0.2) is 4.99 Å². The third-order valence-corrected chi connectivity index (χ3v) is 5.27. The topological polar surface area (TPSA) is 66.0 Å². The molecule has 6 heteroatoms. The molecule has 2 N–H and O–H groups in total. The molecule has 0 spiro atoms. The molecule has 2 aromatic carbocycles. The number of rotatable bonds is 8. The van der Waals surface area contributed by atoms with Crippen LogP contribution in [0.5, 0.6) is 5.75 Å². The molecule has 1 amide bonds. The number of ether oxygens (including phenoxy) is 1. The van der Waals surface area contributed by atoms with Crippen LogP contribution in [-0.2, 0) is 17.9 Å². The number of aliphatic imine (C=N–C) groups is 1. The zero-order valence-electron chi connectivity index (χ0n) is 18.8. The maximum absolute atomic E-state index is 12.2. The van der Waals surface area contributed by atoms with E-state index in [1.54, 1.807) is 0 Å². The molecule has 6 nitrogen and oxygen atoms in total. The number of para-hydroxylation sites is 1. The first-order chi connectivity index (χ1) is 15.0. The zero-order chi connectivity index (χ0) is 22.1. The number of nitrogens with zero attached hydrogens (tertiary/aromatic N) is 2. The average molecular weight is 423 g/mol. The molecule has 3 rings (SSSR count). The summed E-state index contributed by atoms with van der Waals surface area (Å²) in [5, 5.41) is 6.80. The third-order valence-electron chi connectivity index (χ3n) is 5.27. The van der Waals surface area contributed by atoms with Gasteiger partial charge in [0.1, 0.15) is 12.4 Å². The van der Waals surface area contributed by atoms with Gasteiger partial charge in [-0.15, -0.1) is 0 Å². The second-order valence-electron chi connectivity index (χ2n) is 8.18. The van der Waals surface area contributed by atoms with Gasteiger partial charge in [-0.3, -0.25) is 4.79 Å². The summed E-state index contributed by atoms with van der Waals surface area (Å²) in [4.78, 5) is 18.9. The normalized spacial score (nSPS) is 16.5. The van der Waals surface area contributed by atoms with Gasteiger partial charge < -0.3 is 20.3 Å². The first-order valence-electron chi connectivity index (χ1n) is 11.1. The molecule has 0 radical (unpaired) electrons. The Balaban J connectivity index is 1.51. The second-order valence-corrected chi connectivity index (χ2v) is 8.18. The highest BCUT2D eigenvalue weighted by Gasteiger charge is 2.27. The lowest BCUT2D eigenvalue weighted by atomic mass is 10.1. The van der Waals surface area contributed by atoms with E-state index in [0.29, 0.717) is 13.2 Å². The molecule has 1 fully saturated rings. The number of carbonyl (C=O) groups excluding carboxylic acids is 1. The van der Waals surface area contributed by atoms with Crippen LogP contribution in [0.1, 0.15) is 38.3 Å². The van der Waals surface area contributed by atoms with Crippen molar-refractivity contribution in [1.82, 2.24) is 15.5 Å². The van der Waals surface area contributed by atoms with E-state index in [9.17, 15) is 4.79 Å². The van der Waals surface area contributed by atoms with Crippen LogP contribution in [0.4, 0.5) is 0 Å². The van der Waals surface area contributed by atoms with Gasteiger partial charge in [-0.2, -0.15) is 0 Å². The lowest BCUT2D eigenvalue weighted by Gasteiger charge is -2.20. The Morgan fingerprint density at radius 3 is 2.52 bits per heavy atom. The van der Waals surface area contributed by atoms with Gasteiger partial charge in [0.2, 0.25) is 5.91 Å². The monoisotopic (exact) mass is 422 g/mol. The molecule has 1 aliphatic rings. The van der Waals surface area contributed by atoms with Crippen LogP contribution in [0.3, 0.4) is 0 Å². The van der Waals surface area contributed by atoms with E-state index in [1.165, 1.54) is 0 Å². The summed E-state index contributed by atoms with van der Waals surface area (Å²) in [5.74, 6) is 1.94. The van der Waals surface area contributed by atoms with Crippen molar-refractivity contribution >= 4 is 11.9 Å². The number of amides is 1. The molecule has 2 aromatic rings. The summed E-state index contributed by atoms with van der Waals surface area (Å²) < 4.78 is 5.80. The van der Waals surface area contributed by atoms with Crippen LogP contribution in [-0.4, -0.2) is 42.4 Å². The van der Waals surface area contributed by atoms with Crippen molar-refractivity contribution in [2.24, 2.45) is 10.9 Å². The van der Waals surface area contributed by atoms with E-state index in [4.69, 9.17) is 9.73 Å². The van der Waals surface area contributed by atoms with E-state index in [2.05, 4.69) is 41.8 Å². The third kappa shape index (κ3) is 7.02. The van der Waals surface area contributed by atoms with Crippen molar-refractivity contribution in [3.05, 3.63) is 65.7 Å². The maximum Gasteiger partial charge on any atom is 0.225 e. The fourth-order valence-electron chi connectivity index (χ4n) is 3.55. The summed E-state index contributed by atoms with van der Waals surface area (Å²) in [6, 6.07) is 18.4. The minimum atomic E-state index is 0.0433. The highest BCUT2D eigenvalue weighted by atomic mass is 16.5. The Morgan fingerprint density at radius 1 is 1.13 bits per heavy atom. The van der Waals surface area contributed by atoms with Crippen LogP contribution in [0.25, 0.3) is 0 Å². The van der Waals surface area contributed by atoms with Crippen LogP contribution in [0, 0.1) is 5.92 Å². The minimum absolute atomic E-state index is 0.0433. The first kappa shape index (κ1) is 22.7. The molecular formula is C25H34N4O2. The molecule has 1 atom stereocenters. The Morgan fingerprint density at radius 2 is 1.84 bits per heavy atom. The quantitative estimate of drug-likeness (QED) is 0.504. The molecular weight excluding hydrogens is 388 g/mol. The molecule has 0 aliphatic carbocycles. The SMILES string of the molecule is CCNC(=NCc1ccc(COc2ccccc2)cc1)NC1CCN(C(=O)C(C)C)C1. The Kier molecular flexibility index (Phi) is 8.33. The molecule has 1 saturated heterocycles. The highest BCUT2D eigenvalue weighted by molar-refractivity contribution is 5.81. The van der Waals surface area contributed by atoms with Crippen molar-refractivity contribution in [3.63, 3.8) is 0 Å². The van der Waals surface area contributed by atoms with Gasteiger partial charge in [0.15, 0.2) is 5.96 Å². The molecule has 1 unspecified atom stereocenters. The molecule has 1 aliphatic heterocycles. The number of nitrogens with one attached hydrogen (secondary N) is 2. The van der Waals surface area contributed by atoms with E-state index < -0.39 is 0 Å². The highest BCUT2D eigenvalue weighted by Crippen LogP contribution is 2.14. The number of benzene rings is 2.